The fourth-order valence-electron chi connectivity index (χ4n) is 4.20. The lowest BCUT2D eigenvalue weighted by atomic mass is 9.69. The summed E-state index contributed by atoms with van der Waals surface area (Å²) in [5.41, 5.74) is 2.99. The number of rotatable bonds is 6. The van der Waals surface area contributed by atoms with Gasteiger partial charge in [-0.25, -0.2) is 9.37 Å². The molecule has 0 fully saturated rings. The maximum absolute atomic E-state index is 13.8. The van der Waals surface area contributed by atoms with Gasteiger partial charge in [0, 0.05) is 41.4 Å². The summed E-state index contributed by atoms with van der Waals surface area (Å²) in [6.07, 6.45) is 5.87. The minimum absolute atomic E-state index is 0.149. The number of anilines is 3. The summed E-state index contributed by atoms with van der Waals surface area (Å²) < 4.78 is 27.2. The van der Waals surface area contributed by atoms with Gasteiger partial charge in [0.05, 0.1) is 39.1 Å². The molecule has 182 valence electrons. The van der Waals surface area contributed by atoms with Gasteiger partial charge in [0.1, 0.15) is 19.6 Å². The highest BCUT2D eigenvalue weighted by Crippen LogP contribution is 2.37. The molecule has 5 aromatic rings. The SMILES string of the molecule is BC(Nc1cc(Cl)c2ncc(C#N)c(Nc3cnc(F)c(F)c3)c2c1)(c1c[nH]nn1)c1cccnc1C. The molecular weight excluding hydrogens is 499 g/mol. The van der Waals surface area contributed by atoms with Gasteiger partial charge in [-0.05, 0) is 30.7 Å². The van der Waals surface area contributed by atoms with Crippen molar-refractivity contribution in [3.05, 3.63) is 94.4 Å². The van der Waals surface area contributed by atoms with Gasteiger partial charge < -0.3 is 10.6 Å². The fraction of sp³-hybridized carbons (Fsp3) is 0.0833. The highest BCUT2D eigenvalue weighted by molar-refractivity contribution is 6.36. The molecule has 0 amide bonds. The number of hydrogen-bond donors (Lipinski definition) is 3. The van der Waals surface area contributed by atoms with Gasteiger partial charge in [0.2, 0.25) is 5.95 Å². The van der Waals surface area contributed by atoms with E-state index in [-0.39, 0.29) is 11.3 Å². The maximum Gasteiger partial charge on any atom is 0.249 e. The minimum Gasteiger partial charge on any atom is -0.377 e. The van der Waals surface area contributed by atoms with E-state index in [0.29, 0.717) is 33.0 Å². The van der Waals surface area contributed by atoms with Crippen molar-refractivity contribution in [3.8, 4) is 6.07 Å². The minimum atomic E-state index is -1.22. The van der Waals surface area contributed by atoms with Crippen LogP contribution in [-0.4, -0.2) is 38.2 Å². The number of nitrogens with zero attached hydrogens (tertiary/aromatic N) is 6. The number of aromatic amines is 1. The van der Waals surface area contributed by atoms with E-state index in [9.17, 15) is 14.0 Å². The van der Waals surface area contributed by atoms with Crippen LogP contribution in [0.25, 0.3) is 10.9 Å². The molecule has 4 heterocycles. The van der Waals surface area contributed by atoms with E-state index < -0.39 is 17.2 Å². The Morgan fingerprint density at radius 1 is 1.14 bits per heavy atom. The Bertz CT molecular complexity index is 1670. The van der Waals surface area contributed by atoms with Gasteiger partial charge in [-0.2, -0.15) is 9.65 Å². The first-order valence-electron chi connectivity index (χ1n) is 11.0. The van der Waals surface area contributed by atoms with Gasteiger partial charge in [0.25, 0.3) is 0 Å². The van der Waals surface area contributed by atoms with E-state index in [0.717, 1.165) is 23.5 Å². The van der Waals surface area contributed by atoms with Gasteiger partial charge in [-0.3, -0.25) is 15.1 Å². The summed E-state index contributed by atoms with van der Waals surface area (Å²) in [4.78, 5) is 12.2. The van der Waals surface area contributed by atoms with Crippen LogP contribution < -0.4 is 10.6 Å². The predicted molar refractivity (Wildman–Crippen MR) is 137 cm³/mol. The molecular formula is C24H17BClF2N9. The quantitative estimate of drug-likeness (QED) is 0.229. The Kier molecular flexibility index (Phi) is 6.15. The van der Waals surface area contributed by atoms with Gasteiger partial charge in [0.15, 0.2) is 5.82 Å². The molecule has 1 aromatic carbocycles. The standard InChI is InChI=1S/C24H17BClF2N9/c1-12-17(3-2-4-30-12)24(25,20-11-33-37-36-20)35-14-5-16-21(34-15-7-19(27)23(28)32-10-15)13(8-29)9-31-22(16)18(26)6-14/h2-7,9-11,35H,25H2,1H3,(H,31,34)(H,33,36,37). The van der Waals surface area contributed by atoms with Crippen LogP contribution in [-0.2, 0) is 5.44 Å². The molecule has 13 heteroatoms. The summed E-state index contributed by atoms with van der Waals surface area (Å²) in [7, 11) is 1.93. The molecule has 0 radical (unpaired) electrons. The number of aryl methyl sites for hydroxylation is 1. The Balaban J connectivity index is 1.66. The molecule has 0 saturated carbocycles. The number of hydrogen-bond acceptors (Lipinski definition) is 8. The summed E-state index contributed by atoms with van der Waals surface area (Å²) in [6.45, 7) is 1.89. The lowest BCUT2D eigenvalue weighted by Gasteiger charge is -2.32. The Morgan fingerprint density at radius 3 is 2.68 bits per heavy atom. The highest BCUT2D eigenvalue weighted by Gasteiger charge is 2.33. The van der Waals surface area contributed by atoms with Gasteiger partial charge in [-0.15, -0.1) is 5.10 Å². The van der Waals surface area contributed by atoms with Crippen molar-refractivity contribution in [1.82, 2.24) is 30.4 Å². The lowest BCUT2D eigenvalue weighted by molar-refractivity contribution is 0.480. The van der Waals surface area contributed by atoms with E-state index in [2.05, 4.69) is 47.1 Å². The number of aromatic nitrogens is 6. The summed E-state index contributed by atoms with van der Waals surface area (Å²) in [6, 6.07) is 10.2. The third-order valence-corrected chi connectivity index (χ3v) is 6.27. The predicted octanol–water partition coefficient (Wildman–Crippen LogP) is 3.94. The number of nitrogens with one attached hydrogen (secondary N) is 3. The number of benzene rings is 1. The van der Waals surface area contributed by atoms with E-state index in [1.54, 1.807) is 24.5 Å². The number of H-pyrrole nitrogens is 1. The number of pyridine rings is 3. The number of nitriles is 1. The molecule has 9 nitrogen and oxygen atoms in total. The second kappa shape index (κ2) is 9.44. The lowest BCUT2D eigenvalue weighted by Crippen LogP contribution is -2.38. The van der Waals surface area contributed by atoms with Gasteiger partial charge in [-0.1, -0.05) is 22.9 Å². The Hall–Kier alpha value is -4.63. The molecule has 0 aliphatic carbocycles. The fourth-order valence-corrected chi connectivity index (χ4v) is 4.47. The molecule has 1 unspecified atom stereocenters. The molecule has 3 N–H and O–H groups in total. The molecule has 37 heavy (non-hydrogen) atoms. The molecule has 0 bridgehead atoms. The van der Waals surface area contributed by atoms with Crippen LogP contribution in [0.3, 0.4) is 0 Å². The Morgan fingerprint density at radius 2 is 1.97 bits per heavy atom. The summed E-state index contributed by atoms with van der Waals surface area (Å²) in [5, 5.41) is 27.8. The van der Waals surface area contributed by atoms with Crippen LogP contribution >= 0.6 is 11.6 Å². The van der Waals surface area contributed by atoms with E-state index in [1.165, 1.54) is 6.20 Å². The second-order valence-corrected chi connectivity index (χ2v) is 8.79. The van der Waals surface area contributed by atoms with Crippen LogP contribution in [0, 0.1) is 30.0 Å². The third kappa shape index (κ3) is 4.41. The largest absolute Gasteiger partial charge is 0.377 e. The van der Waals surface area contributed by atoms with Crippen molar-refractivity contribution in [1.29, 1.82) is 5.26 Å². The molecule has 5 rings (SSSR count). The third-order valence-electron chi connectivity index (χ3n) is 5.98. The zero-order valence-corrected chi connectivity index (χ0v) is 20.3. The summed E-state index contributed by atoms with van der Waals surface area (Å²) in [5.74, 6) is -2.35. The molecule has 0 saturated heterocycles. The zero-order valence-electron chi connectivity index (χ0n) is 19.5. The normalized spacial score (nSPS) is 12.6. The first kappa shape index (κ1) is 24.1. The first-order chi connectivity index (χ1) is 17.8. The van der Waals surface area contributed by atoms with E-state index in [4.69, 9.17) is 11.6 Å². The van der Waals surface area contributed by atoms with Crippen LogP contribution in [0.1, 0.15) is 22.5 Å². The smallest absolute Gasteiger partial charge is 0.249 e. The van der Waals surface area contributed by atoms with Crippen molar-refractivity contribution in [2.24, 2.45) is 0 Å². The van der Waals surface area contributed by atoms with Crippen LogP contribution in [0.4, 0.5) is 25.8 Å². The van der Waals surface area contributed by atoms with Crippen LogP contribution in [0.15, 0.2) is 55.1 Å². The first-order valence-corrected chi connectivity index (χ1v) is 11.4. The average molecular weight is 516 g/mol. The van der Waals surface area contributed by atoms with Crippen molar-refractivity contribution >= 4 is 47.4 Å². The molecule has 0 spiro atoms. The van der Waals surface area contributed by atoms with Crippen molar-refractivity contribution in [2.75, 3.05) is 10.6 Å². The average Bonchev–Trinajstić information content (AvgIpc) is 3.43. The van der Waals surface area contributed by atoms with Crippen LogP contribution in [0.5, 0.6) is 0 Å². The van der Waals surface area contributed by atoms with E-state index in [1.807, 2.05) is 26.9 Å². The van der Waals surface area contributed by atoms with Crippen molar-refractivity contribution in [2.45, 2.75) is 12.4 Å². The topological polar surface area (TPSA) is 128 Å². The zero-order chi connectivity index (χ0) is 26.2. The maximum atomic E-state index is 13.8. The summed E-state index contributed by atoms with van der Waals surface area (Å²) >= 11 is 6.63. The second-order valence-electron chi connectivity index (χ2n) is 8.38. The Labute approximate surface area is 215 Å². The van der Waals surface area contributed by atoms with Crippen LogP contribution in [0.2, 0.25) is 5.02 Å². The van der Waals surface area contributed by atoms with Crippen molar-refractivity contribution < 1.29 is 8.78 Å². The molecule has 0 aliphatic heterocycles. The molecule has 1 atom stereocenters. The molecule has 0 aliphatic rings. The van der Waals surface area contributed by atoms with Crippen molar-refractivity contribution in [3.63, 3.8) is 0 Å². The molecule has 4 aromatic heterocycles. The number of halogens is 3. The number of fused-ring (bicyclic) bond motifs is 1. The van der Waals surface area contributed by atoms with Gasteiger partial charge >= 0.3 is 0 Å². The highest BCUT2D eigenvalue weighted by atomic mass is 35.5. The van der Waals surface area contributed by atoms with E-state index >= 15 is 0 Å². The monoisotopic (exact) mass is 515 g/mol.